The fourth-order valence-electron chi connectivity index (χ4n) is 3.95. The molecule has 30 heavy (non-hydrogen) atoms. The normalized spacial score (nSPS) is 16.0. The van der Waals surface area contributed by atoms with Gasteiger partial charge in [-0.25, -0.2) is 0 Å². The molecular weight excluding hydrogens is 425 g/mol. The summed E-state index contributed by atoms with van der Waals surface area (Å²) in [5.74, 6) is 0.817. The van der Waals surface area contributed by atoms with Crippen molar-refractivity contribution in [2.75, 3.05) is 33.8 Å². The molecule has 0 bridgehead atoms. The highest BCUT2D eigenvalue weighted by atomic mass is 35.5. The van der Waals surface area contributed by atoms with Crippen molar-refractivity contribution in [1.29, 1.82) is 0 Å². The minimum Gasteiger partial charge on any atom is -0.496 e. The van der Waals surface area contributed by atoms with Gasteiger partial charge in [0.05, 0.1) is 19.3 Å². The van der Waals surface area contributed by atoms with Gasteiger partial charge in [-0.3, -0.25) is 14.4 Å². The predicted molar refractivity (Wildman–Crippen MR) is 124 cm³/mol. The molecule has 7 nitrogen and oxygen atoms in total. The first kappa shape index (κ1) is 26.2. The summed E-state index contributed by atoms with van der Waals surface area (Å²) in [4.78, 5) is 15.4. The Morgan fingerprint density at radius 2 is 1.90 bits per heavy atom. The number of hydrogen-bond donors (Lipinski definition) is 2. The number of halogens is 2. The number of ether oxygens (including phenoxy) is 1. The standard InChI is InChI=1S/C21H31N5O2.2ClH/c1-22-20(16-13-24-25(2)15-16)21(27)23-14-18(26-11-7-4-8-12-26)17-9-5-6-10-19(17)28-3;;/h5-6,9-10,13,15,18,20,22H,4,7-8,11-12,14H2,1-3H3,(H,23,27);2*1H. The summed E-state index contributed by atoms with van der Waals surface area (Å²) < 4.78 is 7.31. The van der Waals surface area contributed by atoms with Gasteiger partial charge in [-0.15, -0.1) is 24.8 Å². The van der Waals surface area contributed by atoms with Gasteiger partial charge in [-0.2, -0.15) is 5.10 Å². The summed E-state index contributed by atoms with van der Waals surface area (Å²) in [6, 6.07) is 7.76. The van der Waals surface area contributed by atoms with Crippen LogP contribution >= 0.6 is 24.8 Å². The Morgan fingerprint density at radius 3 is 2.50 bits per heavy atom. The van der Waals surface area contributed by atoms with Crippen LogP contribution in [-0.4, -0.2) is 54.4 Å². The van der Waals surface area contributed by atoms with Gasteiger partial charge in [0.2, 0.25) is 5.91 Å². The van der Waals surface area contributed by atoms with E-state index >= 15 is 0 Å². The second-order valence-electron chi connectivity index (χ2n) is 7.27. The highest BCUT2D eigenvalue weighted by Gasteiger charge is 2.27. The molecule has 0 saturated carbocycles. The highest BCUT2D eigenvalue weighted by molar-refractivity contribution is 5.85. The second kappa shape index (κ2) is 12.8. The zero-order chi connectivity index (χ0) is 19.9. The number of likely N-dealkylation sites (N-methyl/N-ethyl adjacent to an activating group) is 1. The van der Waals surface area contributed by atoms with Gasteiger partial charge < -0.3 is 15.4 Å². The Kier molecular flexibility index (Phi) is 11.2. The first-order valence-corrected chi connectivity index (χ1v) is 9.94. The molecule has 1 aliphatic heterocycles. The molecule has 2 atom stereocenters. The molecule has 2 N–H and O–H groups in total. The maximum absolute atomic E-state index is 12.9. The number of piperidine rings is 1. The van der Waals surface area contributed by atoms with Crippen molar-refractivity contribution in [3.05, 3.63) is 47.8 Å². The Labute approximate surface area is 191 Å². The molecular formula is C21H33Cl2N5O2. The summed E-state index contributed by atoms with van der Waals surface area (Å²) >= 11 is 0. The number of benzene rings is 1. The molecule has 3 rings (SSSR count). The summed E-state index contributed by atoms with van der Waals surface area (Å²) in [5, 5.41) is 10.4. The van der Waals surface area contributed by atoms with E-state index in [1.807, 2.05) is 31.4 Å². The van der Waals surface area contributed by atoms with Crippen molar-refractivity contribution >= 4 is 30.7 Å². The monoisotopic (exact) mass is 457 g/mol. The molecule has 0 aliphatic carbocycles. The average Bonchev–Trinajstić information content (AvgIpc) is 3.15. The lowest BCUT2D eigenvalue weighted by molar-refractivity contribution is -0.123. The van der Waals surface area contributed by atoms with Crippen molar-refractivity contribution in [1.82, 2.24) is 25.3 Å². The van der Waals surface area contributed by atoms with Crippen LogP contribution in [0.3, 0.4) is 0 Å². The number of carbonyl (C=O) groups excluding carboxylic acids is 1. The lowest BCUT2D eigenvalue weighted by atomic mass is 10.00. The molecule has 2 aromatic rings. The van der Waals surface area contributed by atoms with Gasteiger partial charge in [0.1, 0.15) is 11.8 Å². The first-order chi connectivity index (χ1) is 13.6. The fraction of sp³-hybridized carbons (Fsp3) is 0.524. The van der Waals surface area contributed by atoms with E-state index in [4.69, 9.17) is 4.74 Å². The fourth-order valence-corrected chi connectivity index (χ4v) is 3.95. The third-order valence-corrected chi connectivity index (χ3v) is 5.41. The third kappa shape index (κ3) is 6.35. The van der Waals surface area contributed by atoms with E-state index in [0.29, 0.717) is 6.54 Å². The van der Waals surface area contributed by atoms with Crippen LogP contribution in [0.1, 0.15) is 42.5 Å². The smallest absolute Gasteiger partial charge is 0.241 e. The summed E-state index contributed by atoms with van der Waals surface area (Å²) in [6.45, 7) is 2.62. The van der Waals surface area contributed by atoms with E-state index in [1.54, 1.807) is 25.0 Å². The first-order valence-electron chi connectivity index (χ1n) is 9.94. The Morgan fingerprint density at radius 1 is 1.20 bits per heavy atom. The quantitative estimate of drug-likeness (QED) is 0.637. The summed E-state index contributed by atoms with van der Waals surface area (Å²) in [6.07, 6.45) is 7.24. The highest BCUT2D eigenvalue weighted by Crippen LogP contribution is 2.31. The van der Waals surface area contributed by atoms with Crippen LogP contribution in [0.2, 0.25) is 0 Å². The SMILES string of the molecule is CNC(C(=O)NCC(c1ccccc1OC)N1CCCCC1)c1cnn(C)c1.Cl.Cl. The van der Waals surface area contributed by atoms with E-state index in [1.165, 1.54) is 19.3 Å². The van der Waals surface area contributed by atoms with E-state index in [2.05, 4.69) is 26.7 Å². The van der Waals surface area contributed by atoms with Crippen molar-refractivity contribution in [2.24, 2.45) is 7.05 Å². The van der Waals surface area contributed by atoms with E-state index < -0.39 is 6.04 Å². The lowest BCUT2D eigenvalue weighted by Crippen LogP contribution is -2.43. The number of para-hydroxylation sites is 1. The molecule has 1 saturated heterocycles. The van der Waals surface area contributed by atoms with E-state index in [0.717, 1.165) is 30.0 Å². The number of nitrogens with zero attached hydrogens (tertiary/aromatic N) is 3. The van der Waals surface area contributed by atoms with Crippen molar-refractivity contribution < 1.29 is 9.53 Å². The number of likely N-dealkylation sites (tertiary alicyclic amines) is 1. The van der Waals surface area contributed by atoms with Crippen LogP contribution in [0.4, 0.5) is 0 Å². The van der Waals surface area contributed by atoms with E-state index in [9.17, 15) is 4.79 Å². The Bertz CT molecular complexity index is 780. The van der Waals surface area contributed by atoms with Crippen LogP contribution in [0, 0.1) is 0 Å². The van der Waals surface area contributed by atoms with Crippen LogP contribution in [0.15, 0.2) is 36.7 Å². The minimum atomic E-state index is -0.423. The van der Waals surface area contributed by atoms with Gasteiger partial charge in [-0.05, 0) is 39.0 Å². The van der Waals surface area contributed by atoms with Gasteiger partial charge in [-0.1, -0.05) is 24.6 Å². The topological polar surface area (TPSA) is 71.4 Å². The van der Waals surface area contributed by atoms with Crippen molar-refractivity contribution in [3.8, 4) is 5.75 Å². The molecule has 2 heterocycles. The van der Waals surface area contributed by atoms with Crippen LogP contribution in [-0.2, 0) is 11.8 Å². The van der Waals surface area contributed by atoms with Crippen LogP contribution in [0.25, 0.3) is 0 Å². The summed E-state index contributed by atoms with van der Waals surface area (Å²) in [7, 11) is 5.34. The van der Waals surface area contributed by atoms with Gasteiger partial charge in [0.15, 0.2) is 0 Å². The molecule has 2 unspecified atom stereocenters. The number of rotatable bonds is 8. The Balaban J connectivity index is 0.00000225. The maximum Gasteiger partial charge on any atom is 0.241 e. The van der Waals surface area contributed by atoms with Gasteiger partial charge in [0.25, 0.3) is 0 Å². The molecule has 1 aromatic heterocycles. The van der Waals surface area contributed by atoms with E-state index in [-0.39, 0.29) is 36.8 Å². The second-order valence-corrected chi connectivity index (χ2v) is 7.27. The molecule has 1 aromatic carbocycles. The zero-order valence-corrected chi connectivity index (χ0v) is 19.5. The predicted octanol–water partition coefficient (Wildman–Crippen LogP) is 2.88. The van der Waals surface area contributed by atoms with Crippen LogP contribution < -0.4 is 15.4 Å². The number of aromatic nitrogens is 2. The largest absolute Gasteiger partial charge is 0.496 e. The number of methoxy groups -OCH3 is 1. The minimum absolute atomic E-state index is 0. The molecule has 1 aliphatic rings. The molecule has 9 heteroatoms. The Hall–Kier alpha value is -1.80. The van der Waals surface area contributed by atoms with Crippen LogP contribution in [0.5, 0.6) is 5.75 Å². The molecule has 0 spiro atoms. The van der Waals surface area contributed by atoms with Gasteiger partial charge >= 0.3 is 0 Å². The number of nitrogens with one attached hydrogen (secondary N) is 2. The van der Waals surface area contributed by atoms with Crippen molar-refractivity contribution in [3.63, 3.8) is 0 Å². The molecule has 1 fully saturated rings. The molecule has 1 amide bonds. The molecule has 0 radical (unpaired) electrons. The average molecular weight is 458 g/mol. The number of hydrogen-bond acceptors (Lipinski definition) is 5. The lowest BCUT2D eigenvalue weighted by Gasteiger charge is -2.35. The summed E-state index contributed by atoms with van der Waals surface area (Å²) in [5.41, 5.74) is 1.98. The van der Waals surface area contributed by atoms with Gasteiger partial charge in [0, 0.05) is 30.9 Å². The number of amides is 1. The number of aryl methyl sites for hydroxylation is 1. The third-order valence-electron chi connectivity index (χ3n) is 5.41. The zero-order valence-electron chi connectivity index (χ0n) is 17.8. The molecule has 168 valence electrons. The number of carbonyl (C=O) groups is 1. The maximum atomic E-state index is 12.9. The van der Waals surface area contributed by atoms with Crippen molar-refractivity contribution in [2.45, 2.75) is 31.3 Å².